The number of piperidine rings is 1. The maximum absolute atomic E-state index is 12.3. The summed E-state index contributed by atoms with van der Waals surface area (Å²) < 4.78 is 5.24. The second kappa shape index (κ2) is 7.49. The number of fused-ring (bicyclic) bond motifs is 1. The third kappa shape index (κ3) is 3.48. The summed E-state index contributed by atoms with van der Waals surface area (Å²) in [4.78, 5) is 24.3. The molecule has 1 saturated heterocycles. The molecule has 1 saturated carbocycles. The lowest BCUT2D eigenvalue weighted by molar-refractivity contribution is -1.14. The highest BCUT2D eigenvalue weighted by atomic mass is 16.5. The van der Waals surface area contributed by atoms with Crippen molar-refractivity contribution in [2.75, 3.05) is 13.7 Å². The Morgan fingerprint density at radius 3 is 2.54 bits per heavy atom. The molecular formula is C23H26NO4+. The van der Waals surface area contributed by atoms with Crippen molar-refractivity contribution in [2.45, 2.75) is 31.8 Å². The molecule has 2 aromatic carbocycles. The van der Waals surface area contributed by atoms with E-state index in [0.717, 1.165) is 23.3 Å². The molecule has 2 fully saturated rings. The van der Waals surface area contributed by atoms with Gasteiger partial charge in [0.2, 0.25) is 0 Å². The molecular weight excluding hydrogens is 354 g/mol. The molecule has 5 heteroatoms. The number of rotatable bonds is 4. The molecule has 1 N–H and O–H groups in total. The molecule has 146 valence electrons. The first-order valence-electron chi connectivity index (χ1n) is 9.83. The number of nitrogens with zero attached hydrogens (tertiary/aromatic N) is 1. The lowest BCUT2D eigenvalue weighted by Gasteiger charge is -2.49. The number of carbonyl (C=O) groups excluding carboxylic acids is 2. The van der Waals surface area contributed by atoms with Crippen LogP contribution in [0.2, 0.25) is 0 Å². The van der Waals surface area contributed by atoms with Crippen LogP contribution in [0.4, 0.5) is 0 Å². The average molecular weight is 380 g/mol. The van der Waals surface area contributed by atoms with Gasteiger partial charge in [0.1, 0.15) is 24.9 Å². The van der Waals surface area contributed by atoms with Gasteiger partial charge in [0.25, 0.3) is 0 Å². The largest absolute Gasteiger partial charge is 0.497 e. The summed E-state index contributed by atoms with van der Waals surface area (Å²) in [6.45, 7) is 1.02. The molecule has 0 spiro atoms. The fourth-order valence-electron chi connectivity index (χ4n) is 5.00. The van der Waals surface area contributed by atoms with Crippen LogP contribution in [0.1, 0.15) is 36.4 Å². The van der Waals surface area contributed by atoms with Gasteiger partial charge in [0.05, 0.1) is 7.11 Å². The first kappa shape index (κ1) is 18.8. The van der Waals surface area contributed by atoms with Gasteiger partial charge in [-0.2, -0.15) is 4.65 Å². The molecule has 1 heterocycles. The minimum Gasteiger partial charge on any atom is -0.497 e. The number of carbonyl (C=O) groups is 2. The van der Waals surface area contributed by atoms with Gasteiger partial charge >= 0.3 is 0 Å². The van der Waals surface area contributed by atoms with Crippen molar-refractivity contribution in [3.8, 4) is 5.75 Å². The average Bonchev–Trinajstić information content (AvgIpc) is 2.70. The van der Waals surface area contributed by atoms with Crippen molar-refractivity contribution < 1.29 is 24.2 Å². The van der Waals surface area contributed by atoms with Crippen LogP contribution in [0.25, 0.3) is 0 Å². The number of Topliss-reactive ketones (excluding diaryl/α,β-unsaturated/α-hetero) is 2. The summed E-state index contributed by atoms with van der Waals surface area (Å²) in [6.07, 6.45) is 1.25. The van der Waals surface area contributed by atoms with Crippen LogP contribution < -0.4 is 4.74 Å². The second-order valence-electron chi connectivity index (χ2n) is 8.04. The van der Waals surface area contributed by atoms with E-state index in [0.29, 0.717) is 19.5 Å². The molecule has 0 amide bonds. The topological polar surface area (TPSA) is 63.6 Å². The summed E-state index contributed by atoms with van der Waals surface area (Å²) in [7, 11) is 1.62. The summed E-state index contributed by atoms with van der Waals surface area (Å²) in [5.41, 5.74) is 2.00. The Kier molecular flexibility index (Phi) is 5.04. The van der Waals surface area contributed by atoms with Crippen LogP contribution in [0.15, 0.2) is 54.6 Å². The van der Waals surface area contributed by atoms with E-state index in [2.05, 4.69) is 0 Å². The van der Waals surface area contributed by atoms with Crippen molar-refractivity contribution in [3.05, 3.63) is 65.7 Å². The van der Waals surface area contributed by atoms with Gasteiger partial charge in [-0.1, -0.05) is 42.5 Å². The third-order valence-electron chi connectivity index (χ3n) is 6.33. The SMILES string of the molecule is COc1cccc(C2C3CC(=O)C(=O)CC3CC[N+]2(O)Cc2ccccc2)c1. The summed E-state index contributed by atoms with van der Waals surface area (Å²) >= 11 is 0. The van der Waals surface area contributed by atoms with Crippen LogP contribution in [-0.2, 0) is 16.1 Å². The van der Waals surface area contributed by atoms with Crippen LogP contribution in [0, 0.1) is 11.8 Å². The molecule has 0 radical (unpaired) electrons. The predicted molar refractivity (Wildman–Crippen MR) is 104 cm³/mol. The first-order chi connectivity index (χ1) is 13.5. The molecule has 2 aliphatic rings. The van der Waals surface area contributed by atoms with Gasteiger partial charge in [-0.25, -0.2) is 5.21 Å². The van der Waals surface area contributed by atoms with Crippen LogP contribution >= 0.6 is 0 Å². The lowest BCUT2D eigenvalue weighted by Crippen LogP contribution is -2.57. The molecule has 4 atom stereocenters. The Morgan fingerprint density at radius 1 is 1.04 bits per heavy atom. The van der Waals surface area contributed by atoms with Gasteiger partial charge in [-0.15, -0.1) is 0 Å². The summed E-state index contributed by atoms with van der Waals surface area (Å²) in [5, 5.41) is 11.8. The number of methoxy groups -OCH3 is 1. The molecule has 2 aromatic rings. The number of ketones is 2. The zero-order valence-corrected chi connectivity index (χ0v) is 16.1. The predicted octanol–water partition coefficient (Wildman–Crippen LogP) is 3.71. The highest BCUT2D eigenvalue weighted by molar-refractivity contribution is 6.37. The van der Waals surface area contributed by atoms with Crippen molar-refractivity contribution in [1.82, 2.24) is 0 Å². The second-order valence-corrected chi connectivity index (χ2v) is 8.04. The molecule has 0 aromatic heterocycles. The maximum atomic E-state index is 12.3. The van der Waals surface area contributed by atoms with Crippen molar-refractivity contribution in [1.29, 1.82) is 0 Å². The molecule has 1 aliphatic carbocycles. The van der Waals surface area contributed by atoms with Crippen LogP contribution in [0.5, 0.6) is 5.75 Å². The number of quaternary nitrogens is 1. The van der Waals surface area contributed by atoms with E-state index in [9.17, 15) is 14.8 Å². The highest BCUT2D eigenvalue weighted by Gasteiger charge is 2.53. The van der Waals surface area contributed by atoms with E-state index in [4.69, 9.17) is 4.74 Å². The quantitative estimate of drug-likeness (QED) is 0.649. The molecule has 4 unspecified atom stereocenters. The maximum Gasteiger partial charge on any atom is 0.198 e. The molecule has 0 bridgehead atoms. The minimum atomic E-state index is -0.303. The van der Waals surface area contributed by atoms with Crippen molar-refractivity contribution in [2.24, 2.45) is 11.8 Å². The number of hydrogen-bond acceptors (Lipinski definition) is 4. The normalized spacial score (nSPS) is 30.0. The Morgan fingerprint density at radius 2 is 1.79 bits per heavy atom. The zero-order chi connectivity index (χ0) is 19.7. The molecule has 5 nitrogen and oxygen atoms in total. The summed E-state index contributed by atoms with van der Waals surface area (Å²) in [5.74, 6) is 0.244. The van der Waals surface area contributed by atoms with Crippen molar-refractivity contribution in [3.63, 3.8) is 0 Å². The summed E-state index contributed by atoms with van der Waals surface area (Å²) in [6, 6.07) is 17.4. The van der Waals surface area contributed by atoms with Gasteiger partial charge < -0.3 is 4.74 Å². The van der Waals surface area contributed by atoms with Crippen molar-refractivity contribution >= 4 is 11.6 Å². The van der Waals surface area contributed by atoms with Gasteiger partial charge in [-0.3, -0.25) is 9.59 Å². The van der Waals surface area contributed by atoms with E-state index in [1.807, 2.05) is 54.6 Å². The fraction of sp³-hybridized carbons (Fsp3) is 0.391. The highest BCUT2D eigenvalue weighted by Crippen LogP contribution is 2.49. The zero-order valence-electron chi connectivity index (χ0n) is 16.1. The van der Waals surface area contributed by atoms with Gasteiger partial charge in [-0.05, 0) is 18.1 Å². The number of benzene rings is 2. The third-order valence-corrected chi connectivity index (χ3v) is 6.33. The first-order valence-corrected chi connectivity index (χ1v) is 9.83. The van der Waals surface area contributed by atoms with E-state index >= 15 is 0 Å². The van der Waals surface area contributed by atoms with E-state index < -0.39 is 0 Å². The molecule has 28 heavy (non-hydrogen) atoms. The molecule has 1 aliphatic heterocycles. The lowest BCUT2D eigenvalue weighted by atomic mass is 9.68. The number of likely N-dealkylation sites (tertiary alicyclic amines) is 1. The smallest absolute Gasteiger partial charge is 0.198 e. The monoisotopic (exact) mass is 380 g/mol. The Hall–Kier alpha value is -2.50. The molecule has 4 rings (SSSR count). The minimum absolute atomic E-state index is 0.0558. The number of hydroxylamine groups is 3. The van der Waals surface area contributed by atoms with Crippen LogP contribution in [-0.4, -0.2) is 35.1 Å². The van der Waals surface area contributed by atoms with E-state index in [-0.39, 0.29) is 40.5 Å². The standard InChI is InChI=1S/C23H26NO4/c1-28-19-9-5-8-18(12-19)23-20-14-22(26)21(25)13-17(20)10-11-24(23,27)15-16-6-3-2-4-7-16/h2-9,12,17,20,23,27H,10-11,13-15H2,1H3/q+1. The van der Waals surface area contributed by atoms with E-state index in [1.54, 1.807) is 7.11 Å². The van der Waals surface area contributed by atoms with Gasteiger partial charge in [0.15, 0.2) is 11.6 Å². The van der Waals surface area contributed by atoms with E-state index in [1.165, 1.54) is 0 Å². The number of hydrogen-bond donors (Lipinski definition) is 1. The van der Waals surface area contributed by atoms with Crippen LogP contribution in [0.3, 0.4) is 0 Å². The Labute approximate surface area is 165 Å². The Bertz CT molecular complexity index is 881. The fourth-order valence-corrected chi connectivity index (χ4v) is 5.00. The number of ether oxygens (including phenoxy) is 1. The van der Waals surface area contributed by atoms with Gasteiger partial charge in [0, 0.05) is 36.3 Å². The Balaban J connectivity index is 1.76.